The van der Waals surface area contributed by atoms with Gasteiger partial charge in [0.05, 0.1) is 5.54 Å². The van der Waals surface area contributed by atoms with Crippen LogP contribution in [-0.4, -0.2) is 18.0 Å². The van der Waals surface area contributed by atoms with Crippen molar-refractivity contribution in [3.05, 3.63) is 0 Å². The average Bonchev–Trinajstić information content (AvgIpc) is 2.32. The molecular formula is C13H26N2O. The fourth-order valence-corrected chi connectivity index (χ4v) is 2.63. The lowest BCUT2D eigenvalue weighted by molar-refractivity contribution is -0.127. The molecule has 0 unspecified atom stereocenters. The maximum Gasteiger partial charge on any atom is 0.223 e. The van der Waals surface area contributed by atoms with Crippen molar-refractivity contribution in [3.63, 3.8) is 0 Å². The molecule has 1 amide bonds. The molecule has 0 atom stereocenters. The van der Waals surface area contributed by atoms with Crippen LogP contribution in [0.1, 0.15) is 58.8 Å². The first-order valence-electron chi connectivity index (χ1n) is 6.69. The molecule has 0 aromatic carbocycles. The van der Waals surface area contributed by atoms with E-state index in [1.807, 2.05) is 0 Å². The minimum Gasteiger partial charge on any atom is -0.349 e. The van der Waals surface area contributed by atoms with Crippen molar-refractivity contribution in [2.45, 2.75) is 64.3 Å². The summed E-state index contributed by atoms with van der Waals surface area (Å²) in [6, 6.07) is 0. The maximum absolute atomic E-state index is 12.1. The van der Waals surface area contributed by atoms with Crippen LogP contribution >= 0.6 is 0 Å². The summed E-state index contributed by atoms with van der Waals surface area (Å²) in [5, 5.41) is 3.22. The monoisotopic (exact) mass is 226 g/mol. The first kappa shape index (κ1) is 13.5. The van der Waals surface area contributed by atoms with Crippen molar-refractivity contribution in [3.8, 4) is 0 Å². The van der Waals surface area contributed by atoms with Gasteiger partial charge in [-0.2, -0.15) is 0 Å². The molecule has 0 aromatic heterocycles. The Balaban J connectivity index is 2.57. The van der Waals surface area contributed by atoms with Crippen molar-refractivity contribution < 1.29 is 4.79 Å². The topological polar surface area (TPSA) is 55.1 Å². The Morgan fingerprint density at radius 2 is 1.81 bits per heavy atom. The van der Waals surface area contributed by atoms with Gasteiger partial charge in [-0.25, -0.2) is 0 Å². The highest BCUT2D eigenvalue weighted by Gasteiger charge is 2.33. The Morgan fingerprint density at radius 3 is 2.25 bits per heavy atom. The fourth-order valence-electron chi connectivity index (χ4n) is 2.63. The molecule has 1 aliphatic rings. The average molecular weight is 226 g/mol. The second-order valence-electron chi connectivity index (χ2n) is 5.05. The van der Waals surface area contributed by atoms with E-state index in [0.717, 1.165) is 25.7 Å². The number of hydrogen-bond donors (Lipinski definition) is 2. The van der Waals surface area contributed by atoms with Crippen molar-refractivity contribution in [1.29, 1.82) is 0 Å². The van der Waals surface area contributed by atoms with Gasteiger partial charge in [-0.05, 0) is 25.7 Å². The molecule has 0 saturated heterocycles. The molecule has 1 rings (SSSR count). The maximum atomic E-state index is 12.1. The number of hydrogen-bond acceptors (Lipinski definition) is 2. The summed E-state index contributed by atoms with van der Waals surface area (Å²) < 4.78 is 0. The van der Waals surface area contributed by atoms with Crippen molar-refractivity contribution in [2.24, 2.45) is 11.7 Å². The van der Waals surface area contributed by atoms with E-state index >= 15 is 0 Å². The van der Waals surface area contributed by atoms with Crippen LogP contribution in [0.15, 0.2) is 0 Å². The zero-order valence-electron chi connectivity index (χ0n) is 10.7. The lowest BCUT2D eigenvalue weighted by atomic mass is 9.81. The predicted octanol–water partition coefficient (Wildman–Crippen LogP) is 2.20. The van der Waals surface area contributed by atoms with Gasteiger partial charge in [0.1, 0.15) is 0 Å². The summed E-state index contributed by atoms with van der Waals surface area (Å²) in [7, 11) is 0. The highest BCUT2D eigenvalue weighted by molar-refractivity contribution is 5.79. The second-order valence-corrected chi connectivity index (χ2v) is 5.05. The summed E-state index contributed by atoms with van der Waals surface area (Å²) >= 11 is 0. The lowest BCUT2D eigenvalue weighted by Crippen LogP contribution is -2.56. The molecule has 3 N–H and O–H groups in total. The van der Waals surface area contributed by atoms with E-state index in [0.29, 0.717) is 6.54 Å². The third kappa shape index (κ3) is 3.21. The zero-order chi connectivity index (χ0) is 12.0. The number of nitrogens with one attached hydrogen (secondary N) is 1. The Morgan fingerprint density at radius 1 is 1.25 bits per heavy atom. The molecule has 1 saturated carbocycles. The second kappa shape index (κ2) is 6.24. The number of amides is 1. The SMILES string of the molecule is CCC(CC)C(=O)NC1(CN)CCCCC1. The Kier molecular flexibility index (Phi) is 5.26. The van der Waals surface area contributed by atoms with Gasteiger partial charge in [0.25, 0.3) is 0 Å². The van der Waals surface area contributed by atoms with E-state index < -0.39 is 0 Å². The van der Waals surface area contributed by atoms with Gasteiger partial charge < -0.3 is 11.1 Å². The highest BCUT2D eigenvalue weighted by atomic mass is 16.2. The van der Waals surface area contributed by atoms with E-state index in [4.69, 9.17) is 5.73 Å². The Labute approximate surface area is 99.2 Å². The van der Waals surface area contributed by atoms with Crippen LogP contribution in [0.3, 0.4) is 0 Å². The van der Waals surface area contributed by atoms with Gasteiger partial charge in [0.15, 0.2) is 0 Å². The predicted molar refractivity (Wildman–Crippen MR) is 67.1 cm³/mol. The third-order valence-electron chi connectivity index (χ3n) is 3.95. The first-order chi connectivity index (χ1) is 7.67. The Bertz CT molecular complexity index is 218. The first-order valence-corrected chi connectivity index (χ1v) is 6.69. The van der Waals surface area contributed by atoms with E-state index in [1.165, 1.54) is 19.3 Å². The molecule has 0 aromatic rings. The molecular weight excluding hydrogens is 200 g/mol. The van der Waals surface area contributed by atoms with Gasteiger partial charge >= 0.3 is 0 Å². The van der Waals surface area contributed by atoms with Crippen LogP contribution in [-0.2, 0) is 4.79 Å². The molecule has 3 heteroatoms. The van der Waals surface area contributed by atoms with Crippen molar-refractivity contribution in [1.82, 2.24) is 5.32 Å². The number of nitrogens with two attached hydrogens (primary N) is 1. The zero-order valence-corrected chi connectivity index (χ0v) is 10.7. The fraction of sp³-hybridized carbons (Fsp3) is 0.923. The highest BCUT2D eigenvalue weighted by Crippen LogP contribution is 2.27. The molecule has 16 heavy (non-hydrogen) atoms. The van der Waals surface area contributed by atoms with Crippen molar-refractivity contribution in [2.75, 3.05) is 6.54 Å². The van der Waals surface area contributed by atoms with Gasteiger partial charge in [-0.15, -0.1) is 0 Å². The molecule has 0 heterocycles. The minimum absolute atomic E-state index is 0.0993. The van der Waals surface area contributed by atoms with E-state index in [1.54, 1.807) is 0 Å². The van der Waals surface area contributed by atoms with Gasteiger partial charge in [-0.3, -0.25) is 4.79 Å². The molecule has 0 bridgehead atoms. The summed E-state index contributed by atoms with van der Waals surface area (Å²) in [5.74, 6) is 0.364. The smallest absolute Gasteiger partial charge is 0.223 e. The van der Waals surface area contributed by atoms with Crippen LogP contribution in [0.25, 0.3) is 0 Å². The largest absolute Gasteiger partial charge is 0.349 e. The van der Waals surface area contributed by atoms with Gasteiger partial charge in [-0.1, -0.05) is 33.1 Å². The molecule has 0 spiro atoms. The lowest BCUT2D eigenvalue weighted by Gasteiger charge is -2.38. The molecule has 1 fully saturated rings. The molecule has 0 aliphatic heterocycles. The van der Waals surface area contributed by atoms with Crippen LogP contribution in [0.4, 0.5) is 0 Å². The van der Waals surface area contributed by atoms with Crippen LogP contribution in [0.2, 0.25) is 0 Å². The van der Waals surface area contributed by atoms with E-state index in [-0.39, 0.29) is 17.4 Å². The normalized spacial score (nSPS) is 19.8. The van der Waals surface area contributed by atoms with E-state index in [2.05, 4.69) is 19.2 Å². The van der Waals surface area contributed by atoms with Crippen LogP contribution in [0, 0.1) is 5.92 Å². The number of carbonyl (C=O) groups is 1. The molecule has 94 valence electrons. The summed E-state index contributed by atoms with van der Waals surface area (Å²) in [4.78, 5) is 12.1. The Hall–Kier alpha value is -0.570. The summed E-state index contributed by atoms with van der Waals surface area (Å²) in [6.45, 7) is 4.73. The third-order valence-corrected chi connectivity index (χ3v) is 3.95. The van der Waals surface area contributed by atoms with Crippen molar-refractivity contribution >= 4 is 5.91 Å². The van der Waals surface area contributed by atoms with Crippen LogP contribution in [0.5, 0.6) is 0 Å². The summed E-state index contributed by atoms with van der Waals surface area (Å²) in [6.07, 6.45) is 7.61. The molecule has 1 aliphatic carbocycles. The number of carbonyl (C=O) groups excluding carboxylic acids is 1. The minimum atomic E-state index is -0.0993. The quantitative estimate of drug-likeness (QED) is 0.755. The van der Waals surface area contributed by atoms with Gasteiger partial charge in [0.2, 0.25) is 5.91 Å². The molecule has 3 nitrogen and oxygen atoms in total. The van der Waals surface area contributed by atoms with Crippen LogP contribution < -0.4 is 11.1 Å². The van der Waals surface area contributed by atoms with Gasteiger partial charge in [0, 0.05) is 12.5 Å². The number of rotatable bonds is 5. The molecule has 0 radical (unpaired) electrons. The standard InChI is InChI=1S/C13H26N2O/c1-3-11(4-2)12(16)15-13(10-14)8-6-5-7-9-13/h11H,3-10,14H2,1-2H3,(H,15,16). The summed E-state index contributed by atoms with van der Waals surface area (Å²) in [5.41, 5.74) is 5.76. The van der Waals surface area contributed by atoms with E-state index in [9.17, 15) is 4.79 Å².